The van der Waals surface area contributed by atoms with E-state index in [1.165, 1.54) is 4.90 Å². The number of nitrogens with zero attached hydrogens (tertiary/aromatic N) is 3. The first-order chi connectivity index (χ1) is 31.1. The number of halogens is 1. The van der Waals surface area contributed by atoms with Crippen molar-refractivity contribution >= 4 is 46.6 Å². The van der Waals surface area contributed by atoms with E-state index in [-0.39, 0.29) is 72.0 Å². The summed E-state index contributed by atoms with van der Waals surface area (Å²) in [5.41, 5.74) is 5.47. The zero-order valence-electron chi connectivity index (χ0n) is 39.7. The lowest BCUT2D eigenvalue weighted by molar-refractivity contribution is -0.164. The van der Waals surface area contributed by atoms with Gasteiger partial charge in [0.1, 0.15) is 30.0 Å². The molecule has 4 amide bonds. The van der Waals surface area contributed by atoms with Crippen LogP contribution in [0.25, 0.3) is 10.4 Å². The van der Waals surface area contributed by atoms with Gasteiger partial charge in [-0.15, -0.1) is 11.3 Å². The SMILES string of the molecule is Cc1ncsc1-c1ccc([C@H](C)NC(=O)C2C[C@@H](O)CN2C(=O)[C@@H](NC(=O)CCCCCCc2ccc(C(=O)N[C@H]3C(C)(C)[C@H](Oc4ccc(C#N)c(Cl)c4)C3(C)C)cc2)C(C)(C)C)cc1. The lowest BCUT2D eigenvalue weighted by Crippen LogP contribution is -2.74. The Balaban J connectivity index is 0.925. The summed E-state index contributed by atoms with van der Waals surface area (Å²) < 4.78 is 6.37. The van der Waals surface area contributed by atoms with Gasteiger partial charge in [0.05, 0.1) is 38.8 Å². The molecule has 1 saturated heterocycles. The minimum Gasteiger partial charge on any atom is -0.489 e. The molecule has 1 saturated carbocycles. The van der Waals surface area contributed by atoms with Gasteiger partial charge in [0.2, 0.25) is 17.7 Å². The molecule has 0 radical (unpaired) electrons. The topological polar surface area (TPSA) is 174 Å². The van der Waals surface area contributed by atoms with E-state index in [0.717, 1.165) is 52.9 Å². The number of carbonyl (C=O) groups is 4. The molecule has 3 aromatic carbocycles. The molecule has 14 heteroatoms. The first kappa shape index (κ1) is 50.1. The average Bonchev–Trinajstić information content (AvgIpc) is 3.89. The van der Waals surface area contributed by atoms with Crippen LogP contribution in [0.3, 0.4) is 0 Å². The van der Waals surface area contributed by atoms with Gasteiger partial charge >= 0.3 is 0 Å². The maximum Gasteiger partial charge on any atom is 0.251 e. The van der Waals surface area contributed by atoms with E-state index in [2.05, 4.69) is 54.7 Å². The molecular formula is C52H65ClN6O6S. The number of nitriles is 1. The number of carbonyl (C=O) groups excluding carboxylic acids is 4. The summed E-state index contributed by atoms with van der Waals surface area (Å²) in [6.45, 7) is 17.8. The van der Waals surface area contributed by atoms with Crippen LogP contribution in [0.1, 0.15) is 133 Å². The second-order valence-corrected chi connectivity index (χ2v) is 21.6. The van der Waals surface area contributed by atoms with Crippen LogP contribution >= 0.6 is 22.9 Å². The van der Waals surface area contributed by atoms with Crippen molar-refractivity contribution in [1.82, 2.24) is 25.8 Å². The quantitative estimate of drug-likeness (QED) is 0.0759. The van der Waals surface area contributed by atoms with E-state index >= 15 is 0 Å². The van der Waals surface area contributed by atoms with Gasteiger partial charge < -0.3 is 30.7 Å². The molecule has 0 spiro atoms. The maximum atomic E-state index is 14.1. The number of nitrogens with one attached hydrogen (secondary N) is 3. The Kier molecular flexibility index (Phi) is 15.7. The molecule has 2 aliphatic rings. The minimum atomic E-state index is -0.881. The van der Waals surface area contributed by atoms with Crippen LogP contribution < -0.4 is 20.7 Å². The van der Waals surface area contributed by atoms with Crippen LogP contribution in [0.5, 0.6) is 5.75 Å². The summed E-state index contributed by atoms with van der Waals surface area (Å²) >= 11 is 7.83. The molecule has 4 atom stereocenters. The lowest BCUT2D eigenvalue weighted by Gasteiger charge is -2.63. The van der Waals surface area contributed by atoms with Gasteiger partial charge in [-0.05, 0) is 79.5 Å². The van der Waals surface area contributed by atoms with Gasteiger partial charge in [-0.2, -0.15) is 5.26 Å². The van der Waals surface area contributed by atoms with Crippen molar-refractivity contribution in [2.45, 2.75) is 144 Å². The molecule has 66 heavy (non-hydrogen) atoms. The van der Waals surface area contributed by atoms with Crippen LogP contribution in [-0.2, 0) is 20.8 Å². The number of unbranched alkanes of at least 4 members (excludes halogenated alkanes) is 3. The molecule has 4 N–H and O–H groups in total. The number of hydrogen-bond acceptors (Lipinski definition) is 9. The number of aromatic nitrogens is 1. The van der Waals surface area contributed by atoms with Crippen molar-refractivity contribution in [3.63, 3.8) is 0 Å². The van der Waals surface area contributed by atoms with Crippen LogP contribution in [0.4, 0.5) is 0 Å². The Hall–Kier alpha value is -5.29. The maximum absolute atomic E-state index is 14.1. The number of rotatable bonds is 17. The highest BCUT2D eigenvalue weighted by atomic mass is 35.5. The third kappa shape index (κ3) is 11.4. The number of aliphatic hydroxyl groups is 1. The number of ether oxygens (including phenoxy) is 1. The number of amides is 4. The summed E-state index contributed by atoms with van der Waals surface area (Å²) in [4.78, 5) is 61.3. The lowest BCUT2D eigenvalue weighted by atomic mass is 9.49. The van der Waals surface area contributed by atoms with Crippen LogP contribution in [0.2, 0.25) is 5.02 Å². The van der Waals surface area contributed by atoms with E-state index in [1.807, 2.05) is 88.7 Å². The molecule has 6 rings (SSSR count). The van der Waals surface area contributed by atoms with E-state index < -0.39 is 23.6 Å². The molecule has 1 aliphatic carbocycles. The van der Waals surface area contributed by atoms with Crippen molar-refractivity contribution in [3.8, 4) is 22.3 Å². The van der Waals surface area contributed by atoms with E-state index in [9.17, 15) is 29.5 Å². The fraction of sp³-hybridized carbons (Fsp3) is 0.500. The fourth-order valence-corrected chi connectivity index (χ4v) is 10.9. The number of benzene rings is 3. The van der Waals surface area contributed by atoms with E-state index in [1.54, 1.807) is 29.5 Å². The second-order valence-electron chi connectivity index (χ2n) is 20.3. The smallest absolute Gasteiger partial charge is 0.251 e. The van der Waals surface area contributed by atoms with Crippen molar-refractivity contribution in [3.05, 3.63) is 105 Å². The number of aryl methyl sites for hydroxylation is 2. The van der Waals surface area contributed by atoms with Crippen molar-refractivity contribution in [1.29, 1.82) is 5.26 Å². The molecule has 1 aliphatic heterocycles. The normalized spacial score (nSPS) is 20.6. The van der Waals surface area contributed by atoms with Crippen molar-refractivity contribution in [2.24, 2.45) is 16.2 Å². The molecule has 352 valence electrons. The monoisotopic (exact) mass is 936 g/mol. The summed E-state index contributed by atoms with van der Waals surface area (Å²) in [7, 11) is 0. The zero-order chi connectivity index (χ0) is 48.1. The predicted octanol–water partition coefficient (Wildman–Crippen LogP) is 9.12. The number of hydrogen-bond donors (Lipinski definition) is 4. The van der Waals surface area contributed by atoms with Gasteiger partial charge in [-0.25, -0.2) is 4.98 Å². The van der Waals surface area contributed by atoms with Gasteiger partial charge in [0.25, 0.3) is 5.91 Å². The van der Waals surface area contributed by atoms with Gasteiger partial charge in [0, 0.05) is 47.9 Å². The van der Waals surface area contributed by atoms with Crippen LogP contribution in [0.15, 0.2) is 72.2 Å². The number of aliphatic hydroxyl groups excluding tert-OH is 1. The zero-order valence-corrected chi connectivity index (χ0v) is 41.2. The molecule has 1 unspecified atom stereocenters. The molecular weight excluding hydrogens is 872 g/mol. The minimum absolute atomic E-state index is 0.0134. The third-order valence-corrected chi connectivity index (χ3v) is 14.6. The number of thiazole rings is 1. The second kappa shape index (κ2) is 20.7. The van der Waals surface area contributed by atoms with E-state index in [4.69, 9.17) is 16.3 Å². The Morgan fingerprint density at radius 2 is 1.64 bits per heavy atom. The fourth-order valence-electron chi connectivity index (χ4n) is 9.85. The van der Waals surface area contributed by atoms with Gasteiger partial charge in [0.15, 0.2) is 0 Å². The molecule has 0 bridgehead atoms. The van der Waals surface area contributed by atoms with Crippen molar-refractivity contribution in [2.75, 3.05) is 6.54 Å². The summed E-state index contributed by atoms with van der Waals surface area (Å²) in [6.07, 6.45) is 3.50. The van der Waals surface area contributed by atoms with Crippen LogP contribution in [0, 0.1) is 34.5 Å². The molecule has 12 nitrogen and oxygen atoms in total. The molecule has 4 aromatic rings. The number of β-amino-alcohol motifs (C(OH)–C–C–N with tert-alkyl or cyclic N) is 1. The summed E-state index contributed by atoms with van der Waals surface area (Å²) in [5, 5.41) is 29.5. The standard InChI is InChI=1S/C52H65ClN6O6S/c1-31(34-20-22-35(23-21-34)43-32(2)55-30-66-43)56-46(63)41-26-38(60)29-59(41)47(64)44(50(3,4)5)57-42(61)15-13-11-10-12-14-33-16-18-36(19-17-33)45(62)58-48-51(6,7)49(52(48,8)9)65-39-25-24-37(28-54)40(53)27-39/h16-25,27,30-31,38,41,44,48-49,60H,10-15,26,29H2,1-9H3,(H,56,63)(H,57,61)(H,58,62)/t31-,38+,41?,44+,48-,49-/m0/s1. The first-order valence-electron chi connectivity index (χ1n) is 23.0. The van der Waals surface area contributed by atoms with Gasteiger partial charge in [-0.1, -0.05) is 109 Å². The highest BCUT2D eigenvalue weighted by Gasteiger charge is 2.64. The Morgan fingerprint density at radius 1 is 0.970 bits per heavy atom. The molecule has 1 aromatic heterocycles. The number of likely N-dealkylation sites (tertiary alicyclic amines) is 1. The van der Waals surface area contributed by atoms with Crippen LogP contribution in [-0.4, -0.2) is 75.5 Å². The molecule has 2 fully saturated rings. The highest BCUT2D eigenvalue weighted by molar-refractivity contribution is 7.13. The van der Waals surface area contributed by atoms with E-state index in [0.29, 0.717) is 28.3 Å². The largest absolute Gasteiger partial charge is 0.489 e. The average molecular weight is 938 g/mol. The first-order valence-corrected chi connectivity index (χ1v) is 24.2. The Bertz CT molecular complexity index is 2400. The van der Waals surface area contributed by atoms with Crippen molar-refractivity contribution < 1.29 is 29.0 Å². The Morgan fingerprint density at radius 3 is 2.24 bits per heavy atom. The molecule has 2 heterocycles. The third-order valence-electron chi connectivity index (χ3n) is 13.3. The highest BCUT2D eigenvalue weighted by Crippen LogP contribution is 2.55. The Labute approximate surface area is 398 Å². The summed E-state index contributed by atoms with van der Waals surface area (Å²) in [5.74, 6) is -0.511. The summed E-state index contributed by atoms with van der Waals surface area (Å²) in [6, 6.07) is 20.6. The van der Waals surface area contributed by atoms with Gasteiger partial charge in [-0.3, -0.25) is 19.2 Å². The predicted molar refractivity (Wildman–Crippen MR) is 259 cm³/mol.